The van der Waals surface area contributed by atoms with Crippen LogP contribution in [0.15, 0.2) is 0 Å². The monoisotopic (exact) mass is 289 g/mol. The third-order valence-corrected chi connectivity index (χ3v) is 1.93. The van der Waals surface area contributed by atoms with Gasteiger partial charge in [-0.15, -0.1) is 0 Å². The van der Waals surface area contributed by atoms with Crippen LogP contribution in [-0.2, 0) is 14.3 Å². The Morgan fingerprint density at radius 3 is 1.40 bits per heavy atom. The second-order valence-corrected chi connectivity index (χ2v) is 6.34. The van der Waals surface area contributed by atoms with Gasteiger partial charge in [-0.3, -0.25) is 0 Å². The fourth-order valence-electron chi connectivity index (χ4n) is 1.12. The van der Waals surface area contributed by atoms with Crippen LogP contribution in [0.3, 0.4) is 0 Å². The first-order valence-electron chi connectivity index (χ1n) is 6.22. The zero-order valence-corrected chi connectivity index (χ0v) is 13.0. The lowest BCUT2D eigenvalue weighted by Crippen LogP contribution is -2.50. The van der Waals surface area contributed by atoms with Gasteiger partial charge in [-0.1, -0.05) is 0 Å². The van der Waals surface area contributed by atoms with Crippen molar-refractivity contribution in [2.24, 2.45) is 0 Å². The molecule has 7 heteroatoms. The Hall–Kier alpha value is -1.79. The van der Waals surface area contributed by atoms with Crippen molar-refractivity contribution in [1.29, 1.82) is 0 Å². The number of carbonyl (C=O) groups is 3. The van der Waals surface area contributed by atoms with E-state index in [-0.39, 0.29) is 0 Å². The van der Waals surface area contributed by atoms with Gasteiger partial charge < -0.3 is 14.6 Å². The van der Waals surface area contributed by atoms with E-state index >= 15 is 0 Å². The predicted molar refractivity (Wildman–Crippen MR) is 71.4 cm³/mol. The molecule has 7 nitrogen and oxygen atoms in total. The number of amides is 2. The van der Waals surface area contributed by atoms with E-state index in [0.717, 1.165) is 0 Å². The molecule has 0 aromatic heterocycles. The average Bonchev–Trinajstić information content (AvgIpc) is 2.10. The first-order chi connectivity index (χ1) is 8.74. The number of aliphatic carboxylic acids is 1. The third-order valence-electron chi connectivity index (χ3n) is 1.93. The summed E-state index contributed by atoms with van der Waals surface area (Å²) in [6.45, 7) is 10.9. The molecule has 20 heavy (non-hydrogen) atoms. The van der Waals surface area contributed by atoms with Crippen molar-refractivity contribution in [2.75, 3.05) is 0 Å². The summed E-state index contributed by atoms with van der Waals surface area (Å²) < 4.78 is 10.1. The second-order valence-electron chi connectivity index (χ2n) is 6.34. The van der Waals surface area contributed by atoms with Crippen molar-refractivity contribution in [3.8, 4) is 0 Å². The van der Waals surface area contributed by atoms with Gasteiger partial charge in [0, 0.05) is 0 Å². The molecule has 0 saturated heterocycles. The molecule has 0 aliphatic carbocycles. The van der Waals surface area contributed by atoms with Crippen molar-refractivity contribution in [3.63, 3.8) is 0 Å². The molecule has 0 heterocycles. The number of carbonyl (C=O) groups excluding carboxylic acids is 2. The minimum Gasteiger partial charge on any atom is -0.480 e. The largest absolute Gasteiger partial charge is 0.480 e. The molecular weight excluding hydrogens is 266 g/mol. The molecule has 0 bridgehead atoms. The molecule has 0 fully saturated rings. The van der Waals surface area contributed by atoms with E-state index in [0.29, 0.717) is 4.90 Å². The van der Waals surface area contributed by atoms with Gasteiger partial charge in [-0.2, -0.15) is 4.90 Å². The summed E-state index contributed by atoms with van der Waals surface area (Å²) in [6, 6.07) is -1.39. The Morgan fingerprint density at radius 1 is 0.900 bits per heavy atom. The Morgan fingerprint density at radius 2 is 1.20 bits per heavy atom. The van der Waals surface area contributed by atoms with Crippen LogP contribution in [0.5, 0.6) is 0 Å². The van der Waals surface area contributed by atoms with Gasteiger partial charge in [0.1, 0.15) is 17.2 Å². The maximum Gasteiger partial charge on any atom is 0.420 e. The Balaban J connectivity index is 5.24. The van der Waals surface area contributed by atoms with Crippen molar-refractivity contribution in [3.05, 3.63) is 0 Å². The first-order valence-corrected chi connectivity index (χ1v) is 6.22. The summed E-state index contributed by atoms with van der Waals surface area (Å²) in [7, 11) is 0. The quantitative estimate of drug-likeness (QED) is 0.840. The van der Waals surface area contributed by atoms with E-state index in [9.17, 15) is 14.4 Å². The smallest absolute Gasteiger partial charge is 0.420 e. The van der Waals surface area contributed by atoms with Crippen LogP contribution in [0, 0.1) is 0 Å². The van der Waals surface area contributed by atoms with Crippen LogP contribution in [-0.4, -0.2) is 45.4 Å². The van der Waals surface area contributed by atoms with E-state index in [2.05, 4.69) is 0 Å². The molecule has 1 N–H and O–H groups in total. The second kappa shape index (κ2) is 6.11. The predicted octanol–water partition coefficient (Wildman–Crippen LogP) is 2.63. The van der Waals surface area contributed by atoms with Crippen molar-refractivity contribution in [2.45, 2.75) is 65.7 Å². The van der Waals surface area contributed by atoms with Crippen LogP contribution >= 0.6 is 0 Å². The molecule has 0 aliphatic heterocycles. The Labute approximate surface area is 118 Å². The Bertz CT molecular complexity index is 363. The molecule has 0 spiro atoms. The molecule has 0 aromatic carbocycles. The topological polar surface area (TPSA) is 93.1 Å². The average molecular weight is 289 g/mol. The summed E-state index contributed by atoms with van der Waals surface area (Å²) in [6.07, 6.45) is -2.11. The fourth-order valence-corrected chi connectivity index (χ4v) is 1.12. The van der Waals surface area contributed by atoms with E-state index in [1.165, 1.54) is 6.92 Å². The summed E-state index contributed by atoms with van der Waals surface area (Å²) in [5.74, 6) is -1.33. The molecule has 0 rings (SSSR count). The summed E-state index contributed by atoms with van der Waals surface area (Å²) >= 11 is 0. The highest BCUT2D eigenvalue weighted by molar-refractivity contribution is 5.93. The van der Waals surface area contributed by atoms with Crippen LogP contribution in [0.25, 0.3) is 0 Å². The van der Waals surface area contributed by atoms with Gasteiger partial charge >= 0.3 is 18.2 Å². The number of rotatable bonds is 2. The van der Waals surface area contributed by atoms with Gasteiger partial charge in [0.05, 0.1) is 0 Å². The maximum atomic E-state index is 12.0. The number of nitrogens with zero attached hydrogens (tertiary/aromatic N) is 1. The lowest BCUT2D eigenvalue weighted by Gasteiger charge is -2.30. The highest BCUT2D eigenvalue weighted by Gasteiger charge is 2.37. The van der Waals surface area contributed by atoms with E-state index in [1.807, 2.05) is 0 Å². The molecule has 116 valence electrons. The van der Waals surface area contributed by atoms with Crippen LogP contribution in [0.4, 0.5) is 9.59 Å². The van der Waals surface area contributed by atoms with Gasteiger partial charge in [0.2, 0.25) is 0 Å². The van der Waals surface area contributed by atoms with Gasteiger partial charge in [-0.05, 0) is 48.5 Å². The number of carboxylic acid groups (broad SMARTS) is 1. The zero-order chi connectivity index (χ0) is 16.3. The number of ether oxygens (including phenoxy) is 2. The number of hydrogen-bond acceptors (Lipinski definition) is 5. The van der Waals surface area contributed by atoms with E-state index < -0.39 is 35.4 Å². The normalized spacial score (nSPS) is 13.3. The molecule has 0 aromatic rings. The molecule has 0 aliphatic rings. The van der Waals surface area contributed by atoms with E-state index in [4.69, 9.17) is 14.6 Å². The maximum absolute atomic E-state index is 12.0. The van der Waals surface area contributed by atoms with Crippen molar-refractivity contribution < 1.29 is 29.0 Å². The lowest BCUT2D eigenvalue weighted by atomic mass is 10.2. The molecule has 0 radical (unpaired) electrons. The molecule has 2 amide bonds. The Kier molecular flexibility index (Phi) is 5.56. The van der Waals surface area contributed by atoms with Crippen LogP contribution in [0.1, 0.15) is 48.5 Å². The number of hydrogen-bond donors (Lipinski definition) is 1. The summed E-state index contributed by atoms with van der Waals surface area (Å²) in [4.78, 5) is 35.4. The minimum atomic E-state index is -1.39. The van der Waals surface area contributed by atoms with Crippen LogP contribution < -0.4 is 0 Å². The molecule has 0 unspecified atom stereocenters. The van der Waals surface area contributed by atoms with Gasteiger partial charge in [-0.25, -0.2) is 14.4 Å². The molecule has 1 atom stereocenters. The SMILES string of the molecule is C[C@H](C(=O)O)N(C(=O)OC(C)(C)C)C(=O)OC(C)(C)C. The fraction of sp³-hybridized carbons (Fsp3) is 0.769. The van der Waals surface area contributed by atoms with Gasteiger partial charge in [0.15, 0.2) is 0 Å². The number of carboxylic acids is 1. The lowest BCUT2D eigenvalue weighted by molar-refractivity contribution is -0.142. The van der Waals surface area contributed by atoms with E-state index in [1.54, 1.807) is 41.5 Å². The van der Waals surface area contributed by atoms with Gasteiger partial charge in [0.25, 0.3) is 0 Å². The summed E-state index contributed by atoms with van der Waals surface area (Å²) in [5, 5.41) is 8.99. The minimum absolute atomic E-state index is 0.457. The standard InChI is InChI=1S/C13H23NO6/c1-8(9(15)16)14(10(17)19-12(2,3)4)11(18)20-13(5,6)7/h8H,1-7H3,(H,15,16)/t8-/m1/s1. The number of imide groups is 1. The van der Waals surface area contributed by atoms with Crippen LogP contribution in [0.2, 0.25) is 0 Å². The first kappa shape index (κ1) is 18.2. The molecule has 0 saturated carbocycles. The summed E-state index contributed by atoms with van der Waals surface area (Å²) in [5.41, 5.74) is -1.70. The highest BCUT2D eigenvalue weighted by Crippen LogP contribution is 2.16. The highest BCUT2D eigenvalue weighted by atomic mass is 16.6. The third kappa shape index (κ3) is 6.40. The van der Waals surface area contributed by atoms with Crippen molar-refractivity contribution in [1.82, 2.24) is 4.90 Å². The molecular formula is C13H23NO6. The van der Waals surface area contributed by atoms with Crippen molar-refractivity contribution >= 4 is 18.2 Å². The zero-order valence-electron chi connectivity index (χ0n) is 13.0.